The lowest BCUT2D eigenvalue weighted by atomic mass is 9.86. The van der Waals surface area contributed by atoms with Crippen molar-refractivity contribution >= 4 is 85.7 Å². The maximum absolute atomic E-state index is 13.7. The minimum Gasteiger partial charge on any atom is -0.494 e. The SMILES string of the molecule is CCOc1ccc([C@H]2[C@@H](N3C(=O)c4c(Cl)c(Cl)c(Cl)c(Cl)c4C3=O)C(=O)N2c2ccc(C)cc2Br)cc1. The molecule has 0 spiro atoms. The van der Waals surface area contributed by atoms with E-state index in [4.69, 9.17) is 51.1 Å². The van der Waals surface area contributed by atoms with Gasteiger partial charge in [0.05, 0.1) is 49.6 Å². The fourth-order valence-corrected chi connectivity index (χ4v) is 6.38. The molecule has 0 radical (unpaired) electrons. The molecular formula is C26H17BrCl4N2O4. The number of fused-ring (bicyclic) bond motifs is 1. The van der Waals surface area contributed by atoms with Crippen LogP contribution in [0.25, 0.3) is 0 Å². The van der Waals surface area contributed by atoms with E-state index in [-0.39, 0.29) is 31.2 Å². The van der Waals surface area contributed by atoms with Gasteiger partial charge < -0.3 is 4.74 Å². The van der Waals surface area contributed by atoms with Crippen molar-refractivity contribution in [2.45, 2.75) is 25.9 Å². The van der Waals surface area contributed by atoms with E-state index in [0.717, 1.165) is 10.5 Å². The highest BCUT2D eigenvalue weighted by Crippen LogP contribution is 2.50. The number of halogens is 5. The van der Waals surface area contributed by atoms with Gasteiger partial charge in [0.2, 0.25) is 0 Å². The fourth-order valence-electron chi connectivity index (χ4n) is 4.68. The molecular weight excluding hydrogens is 626 g/mol. The van der Waals surface area contributed by atoms with E-state index in [1.54, 1.807) is 29.2 Å². The molecule has 2 atom stereocenters. The molecule has 6 nitrogen and oxygen atoms in total. The standard InChI is InChI=1S/C26H17BrCl4N2O4/c1-3-37-13-7-5-12(6-8-13)22-23(26(36)32(22)15-9-4-11(2)10-14(15)27)33-24(34)16-17(25(33)35)19(29)21(31)20(30)18(16)28/h4-10,22-23H,3H2,1-2H3/t22-,23+/m0/s1. The number of benzene rings is 3. The van der Waals surface area contributed by atoms with Gasteiger partial charge in [-0.2, -0.15) is 0 Å². The van der Waals surface area contributed by atoms with E-state index in [1.165, 1.54) is 0 Å². The zero-order chi connectivity index (χ0) is 26.8. The van der Waals surface area contributed by atoms with E-state index in [2.05, 4.69) is 15.9 Å². The summed E-state index contributed by atoms with van der Waals surface area (Å²) in [5.74, 6) is -1.31. The summed E-state index contributed by atoms with van der Waals surface area (Å²) in [6.45, 7) is 4.30. The number of amides is 3. The van der Waals surface area contributed by atoms with Crippen LogP contribution in [0.2, 0.25) is 20.1 Å². The third-order valence-corrected chi connectivity index (χ3v) is 8.81. The van der Waals surface area contributed by atoms with Crippen molar-refractivity contribution < 1.29 is 19.1 Å². The van der Waals surface area contributed by atoms with Crippen LogP contribution in [-0.2, 0) is 4.79 Å². The van der Waals surface area contributed by atoms with Gasteiger partial charge in [0.25, 0.3) is 17.7 Å². The van der Waals surface area contributed by atoms with Gasteiger partial charge in [-0.05, 0) is 65.2 Å². The summed E-state index contributed by atoms with van der Waals surface area (Å²) < 4.78 is 6.24. The first-order valence-electron chi connectivity index (χ1n) is 11.1. The molecule has 0 aromatic heterocycles. The number of anilines is 1. The Hall–Kier alpha value is -2.29. The van der Waals surface area contributed by atoms with Crippen LogP contribution in [-0.4, -0.2) is 35.3 Å². The molecule has 0 unspecified atom stereocenters. The van der Waals surface area contributed by atoms with Gasteiger partial charge in [0.15, 0.2) is 0 Å². The molecule has 5 rings (SSSR count). The van der Waals surface area contributed by atoms with Gasteiger partial charge in [-0.15, -0.1) is 0 Å². The first kappa shape index (κ1) is 26.3. The third kappa shape index (κ3) is 4.03. The van der Waals surface area contributed by atoms with Crippen molar-refractivity contribution in [3.8, 4) is 5.75 Å². The van der Waals surface area contributed by atoms with Gasteiger partial charge in [0, 0.05) is 4.47 Å². The predicted octanol–water partition coefficient (Wildman–Crippen LogP) is 7.52. The summed E-state index contributed by atoms with van der Waals surface area (Å²) in [6.07, 6.45) is 0. The van der Waals surface area contributed by atoms with Gasteiger partial charge in [-0.25, -0.2) is 0 Å². The second-order valence-electron chi connectivity index (χ2n) is 8.54. The summed E-state index contributed by atoms with van der Waals surface area (Å²) in [4.78, 5) is 43.3. The Morgan fingerprint density at radius 3 is 1.89 bits per heavy atom. The summed E-state index contributed by atoms with van der Waals surface area (Å²) in [6, 6.07) is 10.9. The molecule has 11 heteroatoms. The minimum atomic E-state index is -1.15. The van der Waals surface area contributed by atoms with Crippen molar-refractivity contribution in [1.29, 1.82) is 0 Å². The quantitative estimate of drug-likeness (QED) is 0.125. The average molecular weight is 643 g/mol. The van der Waals surface area contributed by atoms with Gasteiger partial charge in [0.1, 0.15) is 11.8 Å². The summed E-state index contributed by atoms with van der Waals surface area (Å²) in [5.41, 5.74) is 1.96. The van der Waals surface area contributed by atoms with Crippen molar-refractivity contribution in [2.24, 2.45) is 0 Å². The van der Waals surface area contributed by atoms with Crippen LogP contribution < -0.4 is 9.64 Å². The van der Waals surface area contributed by atoms with Gasteiger partial charge in [-0.1, -0.05) is 64.6 Å². The number of carbonyl (C=O) groups excluding carboxylic acids is 3. The Kier molecular flexibility index (Phi) is 6.96. The lowest BCUT2D eigenvalue weighted by Crippen LogP contribution is -2.67. The molecule has 0 aliphatic carbocycles. The Bertz CT molecular complexity index is 1450. The summed E-state index contributed by atoms with van der Waals surface area (Å²) >= 11 is 28.5. The fraction of sp³-hybridized carbons (Fsp3) is 0.192. The number of imide groups is 1. The van der Waals surface area contributed by atoms with E-state index in [9.17, 15) is 14.4 Å². The Labute approximate surface area is 241 Å². The monoisotopic (exact) mass is 640 g/mol. The molecule has 3 amide bonds. The number of β-lactam (4-membered cyclic amide) rings is 1. The molecule has 0 bridgehead atoms. The molecule has 1 fully saturated rings. The van der Waals surface area contributed by atoms with Crippen molar-refractivity contribution in [2.75, 3.05) is 11.5 Å². The lowest BCUT2D eigenvalue weighted by Gasteiger charge is -2.50. The molecule has 190 valence electrons. The number of ether oxygens (including phenoxy) is 1. The Balaban J connectivity index is 1.63. The van der Waals surface area contributed by atoms with E-state index >= 15 is 0 Å². The average Bonchev–Trinajstić information content (AvgIpc) is 3.12. The predicted molar refractivity (Wildman–Crippen MR) is 147 cm³/mol. The second kappa shape index (κ2) is 9.79. The largest absolute Gasteiger partial charge is 0.494 e. The highest BCUT2D eigenvalue weighted by atomic mass is 79.9. The topological polar surface area (TPSA) is 66.9 Å². The zero-order valence-electron chi connectivity index (χ0n) is 19.3. The number of nitrogens with zero attached hydrogens (tertiary/aromatic N) is 2. The summed E-state index contributed by atoms with van der Waals surface area (Å²) in [7, 11) is 0. The molecule has 0 saturated carbocycles. The van der Waals surface area contributed by atoms with Crippen LogP contribution in [0.5, 0.6) is 5.75 Å². The van der Waals surface area contributed by atoms with Crippen molar-refractivity contribution in [3.63, 3.8) is 0 Å². The minimum absolute atomic E-state index is 0.136. The molecule has 2 aliphatic rings. The Morgan fingerprint density at radius 1 is 0.811 bits per heavy atom. The number of hydrogen-bond acceptors (Lipinski definition) is 4. The van der Waals surface area contributed by atoms with E-state index in [1.807, 2.05) is 32.0 Å². The van der Waals surface area contributed by atoms with Crippen LogP contribution in [0.3, 0.4) is 0 Å². The first-order chi connectivity index (χ1) is 17.6. The van der Waals surface area contributed by atoms with E-state index in [0.29, 0.717) is 28.1 Å². The van der Waals surface area contributed by atoms with Crippen LogP contribution in [0.4, 0.5) is 5.69 Å². The smallest absolute Gasteiger partial charge is 0.264 e. The summed E-state index contributed by atoms with van der Waals surface area (Å²) in [5, 5.41) is -0.643. The van der Waals surface area contributed by atoms with Crippen molar-refractivity contribution in [1.82, 2.24) is 4.90 Å². The van der Waals surface area contributed by atoms with Crippen LogP contribution in [0, 0.1) is 6.92 Å². The molecule has 3 aromatic carbocycles. The lowest BCUT2D eigenvalue weighted by molar-refractivity contribution is -0.130. The zero-order valence-corrected chi connectivity index (χ0v) is 23.9. The number of carbonyl (C=O) groups is 3. The number of hydrogen-bond donors (Lipinski definition) is 0. The van der Waals surface area contributed by atoms with Gasteiger partial charge in [-0.3, -0.25) is 24.2 Å². The van der Waals surface area contributed by atoms with Gasteiger partial charge >= 0.3 is 0 Å². The Morgan fingerprint density at radius 2 is 1.38 bits per heavy atom. The highest BCUT2D eigenvalue weighted by Gasteiger charge is 2.58. The van der Waals surface area contributed by atoms with Crippen LogP contribution >= 0.6 is 62.3 Å². The second-order valence-corrected chi connectivity index (χ2v) is 10.9. The number of rotatable bonds is 5. The third-order valence-electron chi connectivity index (χ3n) is 6.37. The molecule has 37 heavy (non-hydrogen) atoms. The molecule has 1 saturated heterocycles. The number of aryl methyl sites for hydroxylation is 1. The highest BCUT2D eigenvalue weighted by molar-refractivity contribution is 9.10. The molecule has 0 N–H and O–H groups in total. The maximum Gasteiger partial charge on any atom is 0.264 e. The molecule has 2 heterocycles. The molecule has 3 aromatic rings. The van der Waals surface area contributed by atoms with E-state index < -0.39 is 29.8 Å². The van der Waals surface area contributed by atoms with Crippen LogP contribution in [0.15, 0.2) is 46.9 Å². The molecule has 2 aliphatic heterocycles. The first-order valence-corrected chi connectivity index (χ1v) is 13.4. The van der Waals surface area contributed by atoms with Crippen molar-refractivity contribution in [3.05, 3.63) is 89.3 Å². The van der Waals surface area contributed by atoms with Crippen LogP contribution in [0.1, 0.15) is 44.8 Å². The maximum atomic E-state index is 13.7. The normalized spacial score (nSPS) is 18.8.